The molecule has 0 saturated heterocycles. The van der Waals surface area contributed by atoms with E-state index < -0.39 is 0 Å². The summed E-state index contributed by atoms with van der Waals surface area (Å²) < 4.78 is 0. The van der Waals surface area contributed by atoms with Gasteiger partial charge in [0, 0.05) is 29.6 Å². The summed E-state index contributed by atoms with van der Waals surface area (Å²) in [6.45, 7) is 2.29. The van der Waals surface area contributed by atoms with Gasteiger partial charge >= 0.3 is 0 Å². The first-order chi connectivity index (χ1) is 9.43. The van der Waals surface area contributed by atoms with Crippen LogP contribution in [-0.2, 0) is 6.42 Å². The zero-order valence-electron chi connectivity index (χ0n) is 13.9. The third-order valence-corrected chi connectivity index (χ3v) is 3.91. The maximum absolute atomic E-state index is 2.29. The van der Waals surface area contributed by atoms with E-state index in [9.17, 15) is 0 Å². The third-order valence-electron chi connectivity index (χ3n) is 3.91. The Bertz CT molecular complexity index is 281. The molecule has 0 saturated carbocycles. The topological polar surface area (TPSA) is 0 Å². The first-order valence-electron chi connectivity index (χ1n) is 8.47. The van der Waals surface area contributed by atoms with Crippen LogP contribution in [0.5, 0.6) is 0 Å². The SMILES string of the molecule is CCCCCCCCCCCCCc1ccccc1.[Na]. The van der Waals surface area contributed by atoms with Crippen molar-refractivity contribution < 1.29 is 0 Å². The zero-order valence-corrected chi connectivity index (χ0v) is 15.9. The van der Waals surface area contributed by atoms with E-state index in [1.54, 1.807) is 0 Å². The minimum Gasteiger partial charge on any atom is -0.0654 e. The molecule has 0 bridgehead atoms. The van der Waals surface area contributed by atoms with Gasteiger partial charge in [0.1, 0.15) is 0 Å². The van der Waals surface area contributed by atoms with Crippen LogP contribution in [0.3, 0.4) is 0 Å². The Morgan fingerprint density at radius 3 is 1.55 bits per heavy atom. The second kappa shape index (κ2) is 15.6. The first kappa shape index (κ1) is 20.2. The molecule has 0 spiro atoms. The summed E-state index contributed by atoms with van der Waals surface area (Å²) in [5, 5.41) is 0. The molecule has 0 N–H and O–H groups in total. The van der Waals surface area contributed by atoms with Crippen molar-refractivity contribution in [2.24, 2.45) is 0 Å². The van der Waals surface area contributed by atoms with Crippen molar-refractivity contribution in [2.45, 2.75) is 84.0 Å². The average Bonchev–Trinajstić information content (AvgIpc) is 2.46. The Balaban J connectivity index is 0.00000361. The fourth-order valence-corrected chi connectivity index (χ4v) is 2.64. The van der Waals surface area contributed by atoms with Gasteiger partial charge in [-0.25, -0.2) is 0 Å². The predicted molar refractivity (Wildman–Crippen MR) is 92.4 cm³/mol. The van der Waals surface area contributed by atoms with Crippen molar-refractivity contribution in [1.29, 1.82) is 0 Å². The van der Waals surface area contributed by atoms with Gasteiger partial charge in [0.05, 0.1) is 0 Å². The van der Waals surface area contributed by atoms with E-state index in [2.05, 4.69) is 37.3 Å². The van der Waals surface area contributed by atoms with E-state index >= 15 is 0 Å². The van der Waals surface area contributed by atoms with Crippen molar-refractivity contribution in [2.75, 3.05) is 0 Å². The summed E-state index contributed by atoms with van der Waals surface area (Å²) >= 11 is 0. The van der Waals surface area contributed by atoms with Gasteiger partial charge in [-0.2, -0.15) is 0 Å². The second-order valence-corrected chi connectivity index (χ2v) is 5.77. The normalized spacial score (nSPS) is 10.2. The number of aryl methyl sites for hydroxylation is 1. The number of benzene rings is 1. The van der Waals surface area contributed by atoms with E-state index in [0.29, 0.717) is 0 Å². The van der Waals surface area contributed by atoms with E-state index in [1.165, 1.54) is 82.6 Å². The molecule has 1 aromatic rings. The first-order valence-corrected chi connectivity index (χ1v) is 8.47. The van der Waals surface area contributed by atoms with E-state index in [0.717, 1.165) is 0 Å². The van der Waals surface area contributed by atoms with Crippen molar-refractivity contribution in [3.05, 3.63) is 35.9 Å². The molecule has 0 aromatic heterocycles. The van der Waals surface area contributed by atoms with Crippen LogP contribution in [0.15, 0.2) is 30.3 Å². The Labute approximate surface area is 149 Å². The molecule has 0 aliphatic heterocycles. The van der Waals surface area contributed by atoms with Crippen LogP contribution in [0.25, 0.3) is 0 Å². The number of hydrogen-bond donors (Lipinski definition) is 0. The van der Waals surface area contributed by atoms with Crippen LogP contribution in [0.4, 0.5) is 0 Å². The van der Waals surface area contributed by atoms with Gasteiger partial charge in [-0.1, -0.05) is 101 Å². The fraction of sp³-hybridized carbons (Fsp3) is 0.684. The molecular formula is C19H32Na. The van der Waals surface area contributed by atoms with Gasteiger partial charge in [-0.05, 0) is 18.4 Å². The minimum atomic E-state index is 0. The molecule has 1 heteroatoms. The Morgan fingerprint density at radius 2 is 1.05 bits per heavy atom. The fourth-order valence-electron chi connectivity index (χ4n) is 2.64. The van der Waals surface area contributed by atoms with Crippen LogP contribution in [0.2, 0.25) is 0 Å². The van der Waals surface area contributed by atoms with Gasteiger partial charge in [0.2, 0.25) is 0 Å². The van der Waals surface area contributed by atoms with Crippen LogP contribution < -0.4 is 0 Å². The summed E-state index contributed by atoms with van der Waals surface area (Å²) in [7, 11) is 0. The summed E-state index contributed by atoms with van der Waals surface area (Å²) in [6.07, 6.45) is 17.0. The van der Waals surface area contributed by atoms with Crippen molar-refractivity contribution >= 4 is 29.6 Å². The van der Waals surface area contributed by atoms with E-state index in [4.69, 9.17) is 0 Å². The van der Waals surface area contributed by atoms with Crippen molar-refractivity contribution in [3.8, 4) is 0 Å². The number of rotatable bonds is 12. The number of unbranched alkanes of at least 4 members (excludes halogenated alkanes) is 10. The minimum absolute atomic E-state index is 0. The molecule has 1 rings (SSSR count). The smallest absolute Gasteiger partial charge is 0 e. The largest absolute Gasteiger partial charge is 0.0654 e. The zero-order chi connectivity index (χ0) is 13.6. The van der Waals surface area contributed by atoms with Gasteiger partial charge < -0.3 is 0 Å². The Kier molecular flexibility index (Phi) is 15.8. The van der Waals surface area contributed by atoms with E-state index in [1.807, 2.05) is 0 Å². The average molecular weight is 283 g/mol. The molecule has 0 nitrogen and oxygen atoms in total. The molecule has 109 valence electrons. The standard InChI is InChI=1S/C19H32.Na/c1-2-3-4-5-6-7-8-9-10-11-13-16-19-17-14-12-15-18-19;/h12,14-15,17-18H,2-11,13,16H2,1H3;. The number of hydrogen-bond acceptors (Lipinski definition) is 0. The van der Waals surface area contributed by atoms with Crippen LogP contribution >= 0.6 is 0 Å². The monoisotopic (exact) mass is 283 g/mol. The molecule has 0 fully saturated rings. The summed E-state index contributed by atoms with van der Waals surface area (Å²) in [5.41, 5.74) is 1.50. The molecule has 1 aromatic carbocycles. The maximum atomic E-state index is 2.29. The van der Waals surface area contributed by atoms with Crippen LogP contribution in [0, 0.1) is 0 Å². The molecule has 0 heterocycles. The molecule has 0 aliphatic rings. The maximum Gasteiger partial charge on any atom is 0 e. The summed E-state index contributed by atoms with van der Waals surface area (Å²) in [5.74, 6) is 0. The van der Waals surface area contributed by atoms with Gasteiger partial charge in [0.15, 0.2) is 0 Å². The Hall–Kier alpha value is 0.220. The van der Waals surface area contributed by atoms with Gasteiger partial charge in [0.25, 0.3) is 0 Å². The molecule has 0 amide bonds. The summed E-state index contributed by atoms with van der Waals surface area (Å²) in [6, 6.07) is 10.9. The van der Waals surface area contributed by atoms with Crippen LogP contribution in [-0.4, -0.2) is 29.6 Å². The molecule has 0 atom stereocenters. The quantitative estimate of drug-likeness (QED) is 0.318. The van der Waals surface area contributed by atoms with Crippen molar-refractivity contribution in [3.63, 3.8) is 0 Å². The molecule has 1 radical (unpaired) electrons. The summed E-state index contributed by atoms with van der Waals surface area (Å²) in [4.78, 5) is 0. The third kappa shape index (κ3) is 12.0. The predicted octanol–water partition coefficient (Wildman–Crippen LogP) is 6.16. The molecule has 0 aliphatic carbocycles. The molecular weight excluding hydrogens is 251 g/mol. The van der Waals surface area contributed by atoms with Gasteiger partial charge in [-0.3, -0.25) is 0 Å². The van der Waals surface area contributed by atoms with Gasteiger partial charge in [-0.15, -0.1) is 0 Å². The molecule has 20 heavy (non-hydrogen) atoms. The van der Waals surface area contributed by atoms with Crippen LogP contribution in [0.1, 0.15) is 83.1 Å². The molecule has 0 unspecified atom stereocenters. The second-order valence-electron chi connectivity index (χ2n) is 5.77. The Morgan fingerprint density at radius 1 is 0.600 bits per heavy atom. The van der Waals surface area contributed by atoms with Crippen molar-refractivity contribution in [1.82, 2.24) is 0 Å². The van der Waals surface area contributed by atoms with E-state index in [-0.39, 0.29) is 29.6 Å².